The van der Waals surface area contributed by atoms with Gasteiger partial charge in [0.25, 0.3) is 0 Å². The van der Waals surface area contributed by atoms with Crippen molar-refractivity contribution in [2.45, 2.75) is 309 Å². The van der Waals surface area contributed by atoms with Crippen molar-refractivity contribution in [3.8, 4) is 0 Å². The number of ether oxygens (including phenoxy) is 3. The summed E-state index contributed by atoms with van der Waals surface area (Å²) < 4.78 is 16.9. The number of hydrogen-bond donors (Lipinski definition) is 0. The molecule has 0 aromatic heterocycles. The number of hydrogen-bond acceptors (Lipinski definition) is 6. The van der Waals surface area contributed by atoms with Crippen LogP contribution in [0.1, 0.15) is 303 Å². The van der Waals surface area contributed by atoms with Crippen molar-refractivity contribution in [1.82, 2.24) is 0 Å². The van der Waals surface area contributed by atoms with Crippen LogP contribution in [0.3, 0.4) is 0 Å². The molecule has 0 amide bonds. The Labute approximate surface area is 476 Å². The van der Waals surface area contributed by atoms with E-state index in [1.165, 1.54) is 135 Å². The molecule has 0 aromatic rings. The SMILES string of the molecule is CC/C=C\C/C=C\C/C=C\C/C=C\C/C=C\CCCCCCCCCCCCCCCC(=O)OCC(COC(=O)CCCCCCCCCCCCCCC)OC(=O)CCCCCC/C=C\C/C=C\C/C=C\C/C=C\CC. The molecule has 1 atom stereocenters. The number of carbonyl (C=O) groups is 3. The summed E-state index contributed by atoms with van der Waals surface area (Å²) in [5, 5.41) is 0. The average Bonchev–Trinajstić information content (AvgIpc) is 3.43. The minimum Gasteiger partial charge on any atom is -0.462 e. The molecule has 0 aromatic carbocycles. The minimum absolute atomic E-state index is 0.0857. The zero-order valence-corrected chi connectivity index (χ0v) is 50.4. The highest BCUT2D eigenvalue weighted by atomic mass is 16.6. The van der Waals surface area contributed by atoms with Crippen LogP contribution in [-0.2, 0) is 28.6 Å². The second-order valence-corrected chi connectivity index (χ2v) is 21.3. The maximum Gasteiger partial charge on any atom is 0.306 e. The van der Waals surface area contributed by atoms with Gasteiger partial charge in [-0.1, -0.05) is 291 Å². The Hall–Kier alpha value is -3.93. The Balaban J connectivity index is 4.28. The molecule has 0 spiro atoms. The van der Waals surface area contributed by atoms with Crippen molar-refractivity contribution in [3.05, 3.63) is 109 Å². The van der Waals surface area contributed by atoms with Crippen molar-refractivity contribution in [3.63, 3.8) is 0 Å². The number of esters is 3. The first-order valence-corrected chi connectivity index (χ1v) is 32.4. The molecule has 0 heterocycles. The van der Waals surface area contributed by atoms with Crippen LogP contribution in [0.4, 0.5) is 0 Å². The highest BCUT2D eigenvalue weighted by Gasteiger charge is 2.19. The summed E-state index contributed by atoms with van der Waals surface area (Å²) in [7, 11) is 0. The summed E-state index contributed by atoms with van der Waals surface area (Å²) in [5.74, 6) is -0.902. The number of allylic oxidation sites excluding steroid dienone is 18. The lowest BCUT2D eigenvalue weighted by Crippen LogP contribution is -2.30. The summed E-state index contributed by atoms with van der Waals surface area (Å²) in [6, 6.07) is 0. The highest BCUT2D eigenvalue weighted by molar-refractivity contribution is 5.71. The minimum atomic E-state index is -0.791. The van der Waals surface area contributed by atoms with Crippen LogP contribution in [0.5, 0.6) is 0 Å². The lowest BCUT2D eigenvalue weighted by Gasteiger charge is -2.18. The van der Waals surface area contributed by atoms with Crippen molar-refractivity contribution in [1.29, 1.82) is 0 Å². The molecule has 0 aliphatic heterocycles. The molecule has 77 heavy (non-hydrogen) atoms. The summed E-state index contributed by atoms with van der Waals surface area (Å²) in [6.45, 7) is 6.41. The van der Waals surface area contributed by atoms with E-state index in [1.807, 2.05) is 0 Å². The number of unbranched alkanes of at least 4 members (excludes halogenated alkanes) is 29. The molecule has 0 fully saturated rings. The van der Waals surface area contributed by atoms with Crippen molar-refractivity contribution in [2.24, 2.45) is 0 Å². The molecule has 440 valence electrons. The Morgan fingerprint density at radius 1 is 0.273 bits per heavy atom. The first kappa shape index (κ1) is 73.1. The van der Waals surface area contributed by atoms with Crippen LogP contribution in [0.15, 0.2) is 109 Å². The topological polar surface area (TPSA) is 78.9 Å². The molecule has 0 N–H and O–H groups in total. The molecule has 0 saturated carbocycles. The third-order valence-corrected chi connectivity index (χ3v) is 13.8. The first-order chi connectivity index (χ1) is 38.0. The van der Waals surface area contributed by atoms with Gasteiger partial charge in [-0.2, -0.15) is 0 Å². The fourth-order valence-corrected chi connectivity index (χ4v) is 8.99. The molecular formula is C71H120O6. The molecular weight excluding hydrogens is 949 g/mol. The molecule has 6 heteroatoms. The van der Waals surface area contributed by atoms with Gasteiger partial charge in [-0.25, -0.2) is 0 Å². The molecule has 6 nitrogen and oxygen atoms in total. The van der Waals surface area contributed by atoms with Crippen LogP contribution in [0, 0.1) is 0 Å². The summed E-state index contributed by atoms with van der Waals surface area (Å²) in [6.07, 6.45) is 88.1. The number of carbonyl (C=O) groups excluding carboxylic acids is 3. The van der Waals surface area contributed by atoms with Crippen LogP contribution in [0.25, 0.3) is 0 Å². The maximum atomic E-state index is 12.9. The molecule has 0 radical (unpaired) electrons. The van der Waals surface area contributed by atoms with Crippen LogP contribution >= 0.6 is 0 Å². The van der Waals surface area contributed by atoms with Crippen LogP contribution in [0.2, 0.25) is 0 Å². The van der Waals surface area contributed by atoms with E-state index in [9.17, 15) is 14.4 Å². The van der Waals surface area contributed by atoms with E-state index < -0.39 is 6.10 Å². The van der Waals surface area contributed by atoms with E-state index in [0.29, 0.717) is 19.3 Å². The predicted octanol–water partition coefficient (Wildman–Crippen LogP) is 22.2. The average molecular weight is 1070 g/mol. The molecule has 0 saturated heterocycles. The van der Waals surface area contributed by atoms with Gasteiger partial charge in [0, 0.05) is 19.3 Å². The largest absolute Gasteiger partial charge is 0.462 e. The van der Waals surface area contributed by atoms with E-state index in [1.54, 1.807) is 0 Å². The summed E-state index contributed by atoms with van der Waals surface area (Å²) >= 11 is 0. The fourth-order valence-electron chi connectivity index (χ4n) is 8.99. The van der Waals surface area contributed by atoms with Crippen molar-refractivity contribution < 1.29 is 28.6 Å². The van der Waals surface area contributed by atoms with Gasteiger partial charge in [0.05, 0.1) is 0 Å². The normalized spacial score (nSPS) is 12.8. The van der Waals surface area contributed by atoms with Crippen LogP contribution < -0.4 is 0 Å². The Bertz CT molecular complexity index is 1560. The second-order valence-electron chi connectivity index (χ2n) is 21.3. The Morgan fingerprint density at radius 2 is 0.506 bits per heavy atom. The molecule has 0 rings (SSSR count). The van der Waals surface area contributed by atoms with E-state index >= 15 is 0 Å². The van der Waals surface area contributed by atoms with E-state index in [2.05, 4.69) is 130 Å². The van der Waals surface area contributed by atoms with Gasteiger partial charge in [-0.05, 0) is 103 Å². The molecule has 0 bridgehead atoms. The van der Waals surface area contributed by atoms with Crippen molar-refractivity contribution >= 4 is 17.9 Å². The van der Waals surface area contributed by atoms with E-state index in [4.69, 9.17) is 14.2 Å². The van der Waals surface area contributed by atoms with Gasteiger partial charge in [0.15, 0.2) is 6.10 Å². The van der Waals surface area contributed by atoms with Gasteiger partial charge in [-0.3, -0.25) is 14.4 Å². The summed E-state index contributed by atoms with van der Waals surface area (Å²) in [4.78, 5) is 38.3. The Kier molecular flexibility index (Phi) is 61.3. The third kappa shape index (κ3) is 62.8. The second kappa shape index (κ2) is 64.6. The smallest absolute Gasteiger partial charge is 0.306 e. The predicted molar refractivity (Wildman–Crippen MR) is 334 cm³/mol. The lowest BCUT2D eigenvalue weighted by atomic mass is 10.0. The summed E-state index contributed by atoms with van der Waals surface area (Å²) in [5.41, 5.74) is 0. The van der Waals surface area contributed by atoms with Crippen LogP contribution in [-0.4, -0.2) is 37.2 Å². The molecule has 0 aliphatic carbocycles. The Morgan fingerprint density at radius 3 is 0.792 bits per heavy atom. The van der Waals surface area contributed by atoms with Gasteiger partial charge >= 0.3 is 17.9 Å². The van der Waals surface area contributed by atoms with Gasteiger partial charge in [0.1, 0.15) is 13.2 Å². The molecule has 0 aliphatic rings. The molecule has 1 unspecified atom stereocenters. The van der Waals surface area contributed by atoms with Gasteiger partial charge in [-0.15, -0.1) is 0 Å². The monoisotopic (exact) mass is 1070 g/mol. The zero-order chi connectivity index (χ0) is 55.7. The highest BCUT2D eigenvalue weighted by Crippen LogP contribution is 2.16. The fraction of sp³-hybridized carbons (Fsp3) is 0.704. The first-order valence-electron chi connectivity index (χ1n) is 32.4. The van der Waals surface area contributed by atoms with Gasteiger partial charge < -0.3 is 14.2 Å². The van der Waals surface area contributed by atoms with E-state index in [0.717, 1.165) is 128 Å². The lowest BCUT2D eigenvalue weighted by molar-refractivity contribution is -0.167. The quantitative estimate of drug-likeness (QED) is 0.0261. The number of rotatable bonds is 58. The maximum absolute atomic E-state index is 12.9. The van der Waals surface area contributed by atoms with Gasteiger partial charge in [0.2, 0.25) is 0 Å². The van der Waals surface area contributed by atoms with E-state index in [-0.39, 0.29) is 31.1 Å². The zero-order valence-electron chi connectivity index (χ0n) is 50.4. The standard InChI is InChI=1S/C71H120O6/c1-4-7-10-13-16-19-22-25-27-29-30-31-32-33-34-35-36-37-38-39-40-42-43-46-49-52-55-58-61-64-70(73)76-67-68(66-75-69(72)63-60-57-54-51-48-45-24-21-18-15-12-9-6-3)77-71(74)65-62-59-56-53-50-47-44-41-28-26-23-20-17-14-11-8-5-2/h7-8,10-11,16-17,19-20,25-28,30-31,33-34,44,47,68H,4-6,9,12-15,18,21-24,29,32,35-43,45-46,48-67H2,1-3H3/b10-7-,11-8-,19-16-,20-17-,27-25-,28-26-,31-30-,34-33-,47-44-. The van der Waals surface area contributed by atoms with Crippen molar-refractivity contribution in [2.75, 3.05) is 13.2 Å². The third-order valence-electron chi connectivity index (χ3n) is 13.8.